The van der Waals surface area contributed by atoms with E-state index in [9.17, 15) is 9.18 Å². The molecule has 0 fully saturated rings. The lowest BCUT2D eigenvalue weighted by molar-refractivity contribution is 0.0673. The van der Waals surface area contributed by atoms with Crippen molar-refractivity contribution < 1.29 is 9.18 Å². The van der Waals surface area contributed by atoms with Gasteiger partial charge in [-0.3, -0.25) is 4.79 Å². The van der Waals surface area contributed by atoms with Crippen LogP contribution in [-0.4, -0.2) is 53.9 Å². The molecule has 0 saturated carbocycles. The zero-order chi connectivity index (χ0) is 13.7. The fourth-order valence-electron chi connectivity index (χ4n) is 1.98. The first kappa shape index (κ1) is 14.6. The quantitative estimate of drug-likeness (QED) is 0.748. The number of hydrogen-bond acceptors (Lipinski definition) is 3. The summed E-state index contributed by atoms with van der Waals surface area (Å²) in [5.74, 6) is -1.02. The number of nitrogens with zero attached hydrogens (tertiary/aromatic N) is 3. The molecule has 1 amide bonds. The van der Waals surface area contributed by atoms with Crippen LogP contribution in [0.5, 0.6) is 0 Å². The van der Waals surface area contributed by atoms with Gasteiger partial charge in [-0.15, -0.1) is 0 Å². The van der Waals surface area contributed by atoms with Gasteiger partial charge in [0.1, 0.15) is 0 Å². The van der Waals surface area contributed by atoms with Crippen LogP contribution in [0.1, 0.15) is 24.2 Å². The third-order valence-electron chi connectivity index (χ3n) is 2.75. The van der Waals surface area contributed by atoms with Crippen LogP contribution in [0, 0.1) is 5.95 Å². The fourth-order valence-corrected chi connectivity index (χ4v) is 1.98. The van der Waals surface area contributed by atoms with Crippen molar-refractivity contribution in [3.63, 3.8) is 0 Å². The number of carbonyl (C=O) groups excluding carboxylic acids is 1. The highest BCUT2D eigenvalue weighted by atomic mass is 19.1. The number of hydrogen-bond donors (Lipinski definition) is 0. The van der Waals surface area contributed by atoms with Gasteiger partial charge in [-0.2, -0.15) is 4.39 Å². The van der Waals surface area contributed by atoms with E-state index in [4.69, 9.17) is 0 Å². The Morgan fingerprint density at radius 3 is 2.67 bits per heavy atom. The van der Waals surface area contributed by atoms with E-state index in [-0.39, 0.29) is 17.5 Å². The summed E-state index contributed by atoms with van der Waals surface area (Å²) in [5.41, 5.74) is 0.0324. The van der Waals surface area contributed by atoms with Crippen LogP contribution in [0.3, 0.4) is 0 Å². The van der Waals surface area contributed by atoms with Crippen LogP contribution in [0.25, 0.3) is 0 Å². The van der Waals surface area contributed by atoms with Crippen LogP contribution in [0.4, 0.5) is 4.39 Å². The molecule has 0 N–H and O–H groups in total. The summed E-state index contributed by atoms with van der Waals surface area (Å²) in [7, 11) is 3.89. The van der Waals surface area contributed by atoms with Crippen LogP contribution >= 0.6 is 0 Å². The molecular weight excluding hydrogens is 233 g/mol. The Kier molecular flexibility index (Phi) is 5.22. The van der Waals surface area contributed by atoms with E-state index < -0.39 is 5.95 Å². The lowest BCUT2D eigenvalue weighted by Crippen LogP contribution is -2.44. The SMILES string of the molecule is CCN(C(=O)c1cccnc1F)C(C)CN(C)C. The molecule has 0 radical (unpaired) electrons. The van der Waals surface area contributed by atoms with Crippen molar-refractivity contribution in [3.05, 3.63) is 29.8 Å². The second kappa shape index (κ2) is 6.44. The highest BCUT2D eigenvalue weighted by molar-refractivity contribution is 5.94. The monoisotopic (exact) mass is 253 g/mol. The molecule has 1 heterocycles. The summed E-state index contributed by atoms with van der Waals surface area (Å²) in [6.45, 7) is 5.12. The number of amides is 1. The molecule has 1 aromatic rings. The molecule has 5 heteroatoms. The predicted octanol–water partition coefficient (Wildman–Crippen LogP) is 1.63. The van der Waals surface area contributed by atoms with Gasteiger partial charge in [0.25, 0.3) is 5.91 Å². The molecule has 18 heavy (non-hydrogen) atoms. The Hall–Kier alpha value is -1.49. The van der Waals surface area contributed by atoms with Gasteiger partial charge in [0.05, 0.1) is 5.56 Å². The molecule has 0 saturated heterocycles. The Bertz CT molecular complexity index is 409. The van der Waals surface area contributed by atoms with Crippen LogP contribution < -0.4 is 0 Å². The number of pyridine rings is 1. The number of likely N-dealkylation sites (N-methyl/N-ethyl adjacent to an activating group) is 2. The minimum atomic E-state index is -0.710. The van der Waals surface area contributed by atoms with Crippen molar-refractivity contribution in [2.24, 2.45) is 0 Å². The van der Waals surface area contributed by atoms with E-state index in [2.05, 4.69) is 4.98 Å². The van der Waals surface area contributed by atoms with E-state index in [1.807, 2.05) is 32.8 Å². The molecule has 100 valence electrons. The molecule has 0 aliphatic carbocycles. The van der Waals surface area contributed by atoms with Gasteiger partial charge in [-0.05, 0) is 40.1 Å². The molecule has 0 spiro atoms. The van der Waals surface area contributed by atoms with Crippen molar-refractivity contribution in [1.82, 2.24) is 14.8 Å². The highest BCUT2D eigenvalue weighted by Gasteiger charge is 2.23. The maximum absolute atomic E-state index is 13.5. The second-order valence-corrected chi connectivity index (χ2v) is 4.54. The van der Waals surface area contributed by atoms with Crippen molar-refractivity contribution in [2.45, 2.75) is 19.9 Å². The third kappa shape index (κ3) is 3.50. The Morgan fingerprint density at radius 2 is 2.17 bits per heavy atom. The van der Waals surface area contributed by atoms with Gasteiger partial charge in [0.15, 0.2) is 0 Å². The van der Waals surface area contributed by atoms with Crippen molar-refractivity contribution in [1.29, 1.82) is 0 Å². The fraction of sp³-hybridized carbons (Fsp3) is 0.538. The maximum Gasteiger partial charge on any atom is 0.258 e. The van der Waals surface area contributed by atoms with Gasteiger partial charge in [-0.1, -0.05) is 0 Å². The molecule has 0 aliphatic rings. The molecule has 1 atom stereocenters. The van der Waals surface area contributed by atoms with Crippen LogP contribution in [-0.2, 0) is 0 Å². The lowest BCUT2D eigenvalue weighted by atomic mass is 10.2. The van der Waals surface area contributed by atoms with Gasteiger partial charge in [-0.25, -0.2) is 4.98 Å². The van der Waals surface area contributed by atoms with Crippen molar-refractivity contribution in [3.8, 4) is 0 Å². The van der Waals surface area contributed by atoms with Gasteiger partial charge >= 0.3 is 0 Å². The average Bonchev–Trinajstić information content (AvgIpc) is 2.29. The topological polar surface area (TPSA) is 36.4 Å². The lowest BCUT2D eigenvalue weighted by Gasteiger charge is -2.30. The molecule has 1 rings (SSSR count). The minimum Gasteiger partial charge on any atom is -0.335 e. The molecule has 4 nitrogen and oxygen atoms in total. The molecule has 0 aliphatic heterocycles. The first-order valence-corrected chi connectivity index (χ1v) is 6.03. The van der Waals surface area contributed by atoms with E-state index in [1.54, 1.807) is 11.0 Å². The maximum atomic E-state index is 13.5. The Balaban J connectivity index is 2.89. The standard InChI is InChI=1S/C13H20FN3O/c1-5-17(10(2)9-16(3)4)13(18)11-7-6-8-15-12(11)14/h6-8,10H,5,9H2,1-4H3. The van der Waals surface area contributed by atoms with Crippen molar-refractivity contribution in [2.75, 3.05) is 27.2 Å². The molecule has 1 unspecified atom stereocenters. The summed E-state index contributed by atoms with van der Waals surface area (Å²) in [5, 5.41) is 0. The summed E-state index contributed by atoms with van der Waals surface area (Å²) in [6.07, 6.45) is 1.34. The smallest absolute Gasteiger partial charge is 0.258 e. The number of aromatic nitrogens is 1. The highest BCUT2D eigenvalue weighted by Crippen LogP contribution is 2.11. The van der Waals surface area contributed by atoms with Gasteiger partial charge in [0, 0.05) is 25.3 Å². The van der Waals surface area contributed by atoms with Gasteiger partial charge < -0.3 is 9.80 Å². The first-order chi connectivity index (χ1) is 8.47. The average molecular weight is 253 g/mol. The largest absolute Gasteiger partial charge is 0.335 e. The zero-order valence-corrected chi connectivity index (χ0v) is 11.4. The number of halogens is 1. The predicted molar refractivity (Wildman–Crippen MR) is 68.9 cm³/mol. The molecule has 1 aromatic heterocycles. The van der Waals surface area contributed by atoms with E-state index >= 15 is 0 Å². The van der Waals surface area contributed by atoms with Crippen LogP contribution in [0.15, 0.2) is 18.3 Å². The third-order valence-corrected chi connectivity index (χ3v) is 2.75. The van der Waals surface area contributed by atoms with Gasteiger partial charge in [0.2, 0.25) is 5.95 Å². The molecular formula is C13H20FN3O. The minimum absolute atomic E-state index is 0.0251. The summed E-state index contributed by atoms with van der Waals surface area (Å²) in [4.78, 5) is 19.4. The molecule has 0 aromatic carbocycles. The number of carbonyl (C=O) groups is 1. The first-order valence-electron chi connectivity index (χ1n) is 6.03. The Labute approximate surface area is 107 Å². The second-order valence-electron chi connectivity index (χ2n) is 4.54. The zero-order valence-electron chi connectivity index (χ0n) is 11.4. The summed E-state index contributed by atoms with van der Waals surface area (Å²) in [6, 6.07) is 3.06. The van der Waals surface area contributed by atoms with E-state index in [0.29, 0.717) is 6.54 Å². The van der Waals surface area contributed by atoms with E-state index in [0.717, 1.165) is 6.54 Å². The summed E-state index contributed by atoms with van der Waals surface area (Å²) < 4.78 is 13.5. The van der Waals surface area contributed by atoms with E-state index in [1.165, 1.54) is 12.3 Å². The normalized spacial score (nSPS) is 12.6. The number of rotatable bonds is 5. The summed E-state index contributed by atoms with van der Waals surface area (Å²) >= 11 is 0. The van der Waals surface area contributed by atoms with Crippen LogP contribution in [0.2, 0.25) is 0 Å². The van der Waals surface area contributed by atoms with Crippen molar-refractivity contribution >= 4 is 5.91 Å². The molecule has 0 bridgehead atoms. The Morgan fingerprint density at radius 1 is 1.50 bits per heavy atom.